The third-order valence-electron chi connectivity index (χ3n) is 7.06. The van der Waals surface area contributed by atoms with Crippen LogP contribution in [0.4, 0.5) is 25.2 Å². The summed E-state index contributed by atoms with van der Waals surface area (Å²) < 4.78 is 35.7. The van der Waals surface area contributed by atoms with Crippen LogP contribution in [0.3, 0.4) is 0 Å². The predicted octanol–water partition coefficient (Wildman–Crippen LogP) is 6.59. The molecule has 4 aromatic rings. The Morgan fingerprint density at radius 3 is 2.61 bits per heavy atom. The van der Waals surface area contributed by atoms with Crippen LogP contribution in [0, 0.1) is 21.1 Å². The highest BCUT2D eigenvalue weighted by molar-refractivity contribution is 14.1. The Kier molecular flexibility index (Phi) is 9.32. The molecule has 0 unspecified atom stereocenters. The third kappa shape index (κ3) is 7.60. The number of piperidine rings is 1. The lowest BCUT2D eigenvalue weighted by molar-refractivity contribution is -0.114. The number of likely N-dealkylation sites (tertiary alicyclic amines) is 1. The van der Waals surface area contributed by atoms with Crippen molar-refractivity contribution in [3.8, 4) is 11.4 Å². The first-order valence-electron chi connectivity index (χ1n) is 14.3. The highest BCUT2D eigenvalue weighted by Crippen LogP contribution is 2.32. The molecule has 232 valence electrons. The molecule has 0 spiro atoms. The monoisotopic (exact) mass is 717 g/mol. The molecule has 1 fully saturated rings. The number of carbonyl (C=O) groups is 2. The van der Waals surface area contributed by atoms with Gasteiger partial charge in [0.1, 0.15) is 16.9 Å². The van der Waals surface area contributed by atoms with Crippen molar-refractivity contribution in [1.29, 1.82) is 0 Å². The Morgan fingerprint density at radius 1 is 1.11 bits per heavy atom. The zero-order valence-electron chi connectivity index (χ0n) is 25.0. The topological polar surface area (TPSA) is 114 Å². The van der Waals surface area contributed by atoms with E-state index in [4.69, 9.17) is 14.7 Å². The number of carbonyl (C=O) groups excluding carboxylic acids is 2. The molecule has 1 atom stereocenters. The molecule has 0 bridgehead atoms. The summed E-state index contributed by atoms with van der Waals surface area (Å²) in [5, 5.41) is 5.91. The van der Waals surface area contributed by atoms with Gasteiger partial charge in [-0.3, -0.25) is 4.79 Å². The number of nitrogens with one attached hydrogen (secondary N) is 2. The Balaban J connectivity index is 1.48. The second-order valence-electron chi connectivity index (χ2n) is 11.9. The van der Waals surface area contributed by atoms with Gasteiger partial charge in [0.05, 0.1) is 6.20 Å². The van der Waals surface area contributed by atoms with Crippen LogP contribution in [-0.4, -0.2) is 55.1 Å². The van der Waals surface area contributed by atoms with Gasteiger partial charge in [-0.1, -0.05) is 6.07 Å². The van der Waals surface area contributed by atoms with Crippen LogP contribution in [0.1, 0.15) is 46.1 Å². The normalized spacial score (nSPS) is 15.3. The van der Waals surface area contributed by atoms with Gasteiger partial charge in [0, 0.05) is 47.9 Å². The fraction of sp³-hybridized carbons (Fsp3) is 0.387. The first kappa shape index (κ1) is 31.5. The average Bonchev–Trinajstić information content (AvgIpc) is 3.29. The number of benzene rings is 2. The summed E-state index contributed by atoms with van der Waals surface area (Å²) in [6.45, 7) is 8.91. The molecule has 2 amide bonds. The van der Waals surface area contributed by atoms with E-state index in [1.165, 1.54) is 13.0 Å². The van der Waals surface area contributed by atoms with Crippen LogP contribution in [-0.2, 0) is 22.6 Å². The van der Waals surface area contributed by atoms with Crippen molar-refractivity contribution in [3.63, 3.8) is 0 Å². The molecule has 2 N–H and O–H groups in total. The number of hydrogen-bond acceptors (Lipinski definition) is 7. The van der Waals surface area contributed by atoms with E-state index in [2.05, 4.69) is 38.2 Å². The summed E-state index contributed by atoms with van der Waals surface area (Å²) in [6, 6.07) is 9.34. The molecule has 0 saturated carbocycles. The first-order chi connectivity index (χ1) is 20.9. The smallest absolute Gasteiger partial charge is 0.410 e. The Bertz CT molecular complexity index is 1710. The van der Waals surface area contributed by atoms with Crippen molar-refractivity contribution in [3.05, 3.63) is 63.4 Å². The SMILES string of the molecule is CC(=O)Nc1ccc(-c2nc3cnc(NCc4ccc(F)c(F)c4)nc3n2C[C@@H]2CCCN(C(=O)OC(C)(C)C)C2)c(I)c1. The van der Waals surface area contributed by atoms with Gasteiger partial charge in [0.25, 0.3) is 0 Å². The summed E-state index contributed by atoms with van der Waals surface area (Å²) in [5.41, 5.74) is 2.67. The second-order valence-corrected chi connectivity index (χ2v) is 13.0. The van der Waals surface area contributed by atoms with Gasteiger partial charge in [-0.2, -0.15) is 4.98 Å². The van der Waals surface area contributed by atoms with Gasteiger partial charge >= 0.3 is 6.09 Å². The largest absolute Gasteiger partial charge is 0.444 e. The molecule has 3 heterocycles. The number of anilines is 2. The van der Waals surface area contributed by atoms with Crippen molar-refractivity contribution in [1.82, 2.24) is 24.4 Å². The quantitative estimate of drug-likeness (QED) is 0.207. The molecule has 2 aromatic heterocycles. The lowest BCUT2D eigenvalue weighted by Crippen LogP contribution is -2.43. The molecular weight excluding hydrogens is 683 g/mol. The average molecular weight is 718 g/mol. The second kappa shape index (κ2) is 13.0. The molecular formula is C31H34F2IN7O3. The summed E-state index contributed by atoms with van der Waals surface area (Å²) in [4.78, 5) is 40.3. The predicted molar refractivity (Wildman–Crippen MR) is 172 cm³/mol. The number of nitrogens with zero attached hydrogens (tertiary/aromatic N) is 5. The molecule has 1 aliphatic heterocycles. The van der Waals surface area contributed by atoms with Crippen LogP contribution in [0.25, 0.3) is 22.6 Å². The maximum Gasteiger partial charge on any atom is 0.410 e. The van der Waals surface area contributed by atoms with Crippen LogP contribution in [0.2, 0.25) is 0 Å². The Labute approximate surface area is 267 Å². The zero-order valence-corrected chi connectivity index (χ0v) is 27.1. The first-order valence-corrected chi connectivity index (χ1v) is 15.4. The van der Waals surface area contributed by atoms with E-state index in [1.54, 1.807) is 11.1 Å². The van der Waals surface area contributed by atoms with Gasteiger partial charge in [-0.25, -0.2) is 23.5 Å². The number of aromatic nitrogens is 4. The minimum Gasteiger partial charge on any atom is -0.444 e. The summed E-state index contributed by atoms with van der Waals surface area (Å²) in [6.07, 6.45) is 3.04. The van der Waals surface area contributed by atoms with Crippen molar-refractivity contribution in [2.24, 2.45) is 5.92 Å². The highest BCUT2D eigenvalue weighted by Gasteiger charge is 2.29. The molecule has 0 radical (unpaired) electrons. The molecule has 0 aliphatic carbocycles. The summed E-state index contributed by atoms with van der Waals surface area (Å²) in [5.74, 6) is -0.889. The van der Waals surface area contributed by atoms with Crippen LogP contribution < -0.4 is 10.6 Å². The van der Waals surface area contributed by atoms with Gasteiger partial charge in [-0.15, -0.1) is 0 Å². The number of imidazole rings is 1. The zero-order chi connectivity index (χ0) is 31.6. The van der Waals surface area contributed by atoms with Gasteiger partial charge in [-0.05, 0) is 98.0 Å². The third-order valence-corrected chi connectivity index (χ3v) is 7.96. The van der Waals surface area contributed by atoms with Crippen LogP contribution >= 0.6 is 22.6 Å². The van der Waals surface area contributed by atoms with Crippen molar-refractivity contribution in [2.45, 2.75) is 59.2 Å². The number of hydrogen-bond donors (Lipinski definition) is 2. The van der Waals surface area contributed by atoms with E-state index in [1.807, 2.05) is 43.5 Å². The van der Waals surface area contributed by atoms with Crippen molar-refractivity contribution >= 4 is 57.4 Å². The van der Waals surface area contributed by atoms with Gasteiger partial charge in [0.2, 0.25) is 11.9 Å². The number of ether oxygens (including phenoxy) is 1. The van der Waals surface area contributed by atoms with E-state index in [0.29, 0.717) is 53.8 Å². The molecule has 44 heavy (non-hydrogen) atoms. The summed E-state index contributed by atoms with van der Waals surface area (Å²) in [7, 11) is 0. The molecule has 13 heteroatoms. The van der Waals surface area contributed by atoms with Crippen molar-refractivity contribution < 1.29 is 23.1 Å². The van der Waals surface area contributed by atoms with Crippen molar-refractivity contribution in [2.75, 3.05) is 23.7 Å². The standard InChI is InChI=1S/C31H34F2IN7O3/c1-18(42)37-21-8-9-22(25(34)13-21)27-38-26-15-36-29(35-14-19-7-10-23(32)24(33)12-19)39-28(26)41(27)17-20-6-5-11-40(16-20)30(43)44-31(2,3)4/h7-10,12-13,15,20H,5-6,11,14,16-17H2,1-4H3,(H,37,42)(H,35,36,39)/t20-/m1/s1. The Hall–Kier alpha value is -3.88. The lowest BCUT2D eigenvalue weighted by Gasteiger charge is -2.34. The van der Waals surface area contributed by atoms with E-state index in [-0.39, 0.29) is 24.5 Å². The van der Waals surface area contributed by atoms with E-state index in [9.17, 15) is 18.4 Å². The fourth-order valence-electron chi connectivity index (χ4n) is 5.16. The van der Waals surface area contributed by atoms with Gasteiger partial charge < -0.3 is 24.8 Å². The van der Waals surface area contributed by atoms with Gasteiger partial charge in [0.15, 0.2) is 17.3 Å². The molecule has 2 aromatic carbocycles. The van der Waals surface area contributed by atoms with E-state index in [0.717, 1.165) is 34.1 Å². The van der Waals surface area contributed by atoms with E-state index < -0.39 is 17.2 Å². The molecule has 10 nitrogen and oxygen atoms in total. The fourth-order valence-corrected chi connectivity index (χ4v) is 5.91. The minimum absolute atomic E-state index is 0.109. The lowest BCUT2D eigenvalue weighted by atomic mass is 9.98. The Morgan fingerprint density at radius 2 is 1.91 bits per heavy atom. The van der Waals surface area contributed by atoms with Crippen LogP contribution in [0.15, 0.2) is 42.6 Å². The minimum atomic E-state index is -0.921. The summed E-state index contributed by atoms with van der Waals surface area (Å²) >= 11 is 2.22. The van der Waals surface area contributed by atoms with Crippen LogP contribution in [0.5, 0.6) is 0 Å². The van der Waals surface area contributed by atoms with E-state index >= 15 is 0 Å². The number of rotatable bonds is 7. The number of halogens is 3. The number of fused-ring (bicyclic) bond motifs is 1. The molecule has 1 aliphatic rings. The maximum atomic E-state index is 13.7. The molecule has 5 rings (SSSR count). The molecule has 1 saturated heterocycles. The number of amides is 2. The highest BCUT2D eigenvalue weighted by atomic mass is 127. The maximum absolute atomic E-state index is 13.7.